The highest BCUT2D eigenvalue weighted by molar-refractivity contribution is 9.10. The fraction of sp³-hybridized carbons (Fsp3) is 0.391. The maximum Gasteiger partial charge on any atom is 0.245 e. The summed E-state index contributed by atoms with van der Waals surface area (Å²) in [5.74, 6) is -0.499. The smallest absolute Gasteiger partial charge is 0.245 e. The molecule has 176 valence electrons. The lowest BCUT2D eigenvalue weighted by atomic mass is 9.97. The van der Waals surface area contributed by atoms with E-state index in [0.29, 0.717) is 53.1 Å². The van der Waals surface area contributed by atoms with E-state index in [1.54, 1.807) is 42.2 Å². The first kappa shape index (κ1) is 24.2. The van der Waals surface area contributed by atoms with Crippen molar-refractivity contribution >= 4 is 60.7 Å². The molecule has 0 aromatic heterocycles. The summed E-state index contributed by atoms with van der Waals surface area (Å²) >= 11 is 9.31. The fourth-order valence-corrected chi connectivity index (χ4v) is 6.90. The lowest BCUT2D eigenvalue weighted by molar-refractivity contribution is -0.121. The van der Waals surface area contributed by atoms with Gasteiger partial charge in [-0.3, -0.25) is 9.59 Å². The molecule has 0 unspecified atom stereocenters. The van der Waals surface area contributed by atoms with Gasteiger partial charge in [0.1, 0.15) is 4.90 Å². The van der Waals surface area contributed by atoms with Crippen LogP contribution in [0.4, 0.5) is 11.4 Å². The van der Waals surface area contributed by atoms with Crippen LogP contribution < -0.4 is 10.2 Å². The molecule has 1 fully saturated rings. The average molecular weight is 555 g/mol. The molecule has 0 aliphatic carbocycles. The van der Waals surface area contributed by atoms with Crippen molar-refractivity contribution in [1.29, 1.82) is 0 Å². The minimum atomic E-state index is -3.83. The number of anilines is 2. The topological polar surface area (TPSA) is 86.8 Å². The Hall–Kier alpha value is -1.94. The van der Waals surface area contributed by atoms with Gasteiger partial charge >= 0.3 is 0 Å². The Bertz CT molecular complexity index is 1180. The molecule has 2 aliphatic heterocycles. The molecule has 0 saturated carbocycles. The van der Waals surface area contributed by atoms with E-state index < -0.39 is 10.0 Å². The monoisotopic (exact) mass is 553 g/mol. The third-order valence-electron chi connectivity index (χ3n) is 6.15. The zero-order valence-corrected chi connectivity index (χ0v) is 21.3. The zero-order chi connectivity index (χ0) is 23.8. The molecule has 10 heteroatoms. The van der Waals surface area contributed by atoms with Gasteiger partial charge in [0.05, 0.1) is 5.69 Å². The van der Waals surface area contributed by atoms with E-state index in [2.05, 4.69) is 21.2 Å². The number of carbonyl (C=O) groups is 2. The number of fused-ring (bicyclic) bond motifs is 1. The highest BCUT2D eigenvalue weighted by Crippen LogP contribution is 2.39. The van der Waals surface area contributed by atoms with Gasteiger partial charge in [-0.2, -0.15) is 4.31 Å². The van der Waals surface area contributed by atoms with E-state index in [0.717, 1.165) is 5.56 Å². The summed E-state index contributed by atoms with van der Waals surface area (Å²) in [6.07, 6.45) is 1.78. The Morgan fingerprint density at radius 3 is 2.42 bits per heavy atom. The highest BCUT2D eigenvalue weighted by Gasteiger charge is 2.37. The quantitative estimate of drug-likeness (QED) is 0.592. The van der Waals surface area contributed by atoms with E-state index >= 15 is 0 Å². The fourth-order valence-electron chi connectivity index (χ4n) is 4.38. The molecule has 1 saturated heterocycles. The molecule has 2 amide bonds. The molecule has 33 heavy (non-hydrogen) atoms. The molecular weight excluding hydrogens is 530 g/mol. The van der Waals surface area contributed by atoms with Gasteiger partial charge in [-0.25, -0.2) is 8.42 Å². The summed E-state index contributed by atoms with van der Waals surface area (Å²) < 4.78 is 29.3. The van der Waals surface area contributed by atoms with Gasteiger partial charge in [0.2, 0.25) is 21.8 Å². The number of nitrogens with zero attached hydrogens (tertiary/aromatic N) is 2. The molecule has 2 aromatic carbocycles. The van der Waals surface area contributed by atoms with Crippen LogP contribution in [0.5, 0.6) is 0 Å². The van der Waals surface area contributed by atoms with Crippen LogP contribution in [0.1, 0.15) is 31.7 Å². The number of hydrogen-bond donors (Lipinski definition) is 1. The Morgan fingerprint density at radius 1 is 1.12 bits per heavy atom. The summed E-state index contributed by atoms with van der Waals surface area (Å²) in [7, 11) is -3.83. The van der Waals surface area contributed by atoms with E-state index in [1.807, 2.05) is 6.07 Å². The van der Waals surface area contributed by atoms with Crippen molar-refractivity contribution in [2.75, 3.05) is 29.9 Å². The summed E-state index contributed by atoms with van der Waals surface area (Å²) in [6, 6.07) is 10.3. The van der Waals surface area contributed by atoms with Crippen molar-refractivity contribution < 1.29 is 18.0 Å². The van der Waals surface area contributed by atoms with E-state index in [9.17, 15) is 18.0 Å². The van der Waals surface area contributed by atoms with Crippen LogP contribution in [-0.2, 0) is 26.0 Å². The van der Waals surface area contributed by atoms with Crippen LogP contribution >= 0.6 is 27.5 Å². The molecule has 2 aliphatic rings. The minimum Gasteiger partial charge on any atom is -0.326 e. The maximum absolute atomic E-state index is 13.6. The second-order valence-corrected chi connectivity index (χ2v) is 11.5. The third kappa shape index (κ3) is 4.96. The molecule has 0 bridgehead atoms. The maximum atomic E-state index is 13.6. The average Bonchev–Trinajstić information content (AvgIpc) is 3.23. The van der Waals surface area contributed by atoms with Crippen molar-refractivity contribution in [3.8, 4) is 0 Å². The predicted molar refractivity (Wildman–Crippen MR) is 132 cm³/mol. The van der Waals surface area contributed by atoms with Gasteiger partial charge in [0, 0.05) is 47.2 Å². The number of benzene rings is 2. The number of sulfonamides is 1. The van der Waals surface area contributed by atoms with Gasteiger partial charge in [0.15, 0.2) is 0 Å². The third-order valence-corrected chi connectivity index (χ3v) is 8.77. The van der Waals surface area contributed by atoms with Crippen LogP contribution in [0.3, 0.4) is 0 Å². The molecule has 7 nitrogen and oxygen atoms in total. The Balaban J connectivity index is 1.50. The lowest BCUT2D eigenvalue weighted by Gasteiger charge is -2.31. The number of amides is 2. The van der Waals surface area contributed by atoms with Gasteiger partial charge in [-0.05, 0) is 61.2 Å². The van der Waals surface area contributed by atoms with Crippen molar-refractivity contribution in [2.24, 2.45) is 5.92 Å². The van der Waals surface area contributed by atoms with Crippen molar-refractivity contribution in [3.63, 3.8) is 0 Å². The highest BCUT2D eigenvalue weighted by atomic mass is 79.9. The SMILES string of the molecule is CCC(=O)N1CCc2cc(Br)cc(S(=O)(=O)N3CCC(C(=O)Nc4ccc(Cl)cc4)CC3)c21. The van der Waals surface area contributed by atoms with Crippen LogP contribution in [0.25, 0.3) is 0 Å². The lowest BCUT2D eigenvalue weighted by Crippen LogP contribution is -2.42. The van der Waals surface area contributed by atoms with Crippen LogP contribution in [0, 0.1) is 5.92 Å². The summed E-state index contributed by atoms with van der Waals surface area (Å²) in [5, 5.41) is 3.46. The molecule has 4 rings (SSSR count). The number of nitrogens with one attached hydrogen (secondary N) is 1. The van der Waals surface area contributed by atoms with Crippen molar-refractivity contribution in [1.82, 2.24) is 4.31 Å². The van der Waals surface area contributed by atoms with Gasteiger partial charge < -0.3 is 10.2 Å². The summed E-state index contributed by atoms with van der Waals surface area (Å²) in [4.78, 5) is 26.9. The second-order valence-electron chi connectivity index (χ2n) is 8.24. The molecule has 0 radical (unpaired) electrons. The van der Waals surface area contributed by atoms with Gasteiger partial charge in [-0.15, -0.1) is 0 Å². The molecule has 2 heterocycles. The van der Waals surface area contributed by atoms with Crippen molar-refractivity contribution in [2.45, 2.75) is 37.5 Å². The number of carbonyl (C=O) groups excluding carboxylic acids is 2. The first-order valence-electron chi connectivity index (χ1n) is 10.9. The molecule has 0 spiro atoms. The van der Waals surface area contributed by atoms with E-state index in [1.165, 1.54) is 4.31 Å². The largest absolute Gasteiger partial charge is 0.326 e. The van der Waals surface area contributed by atoms with E-state index in [-0.39, 0.29) is 35.7 Å². The van der Waals surface area contributed by atoms with Gasteiger partial charge in [-0.1, -0.05) is 34.5 Å². The Morgan fingerprint density at radius 2 is 1.79 bits per heavy atom. The Kier molecular flexibility index (Phi) is 7.14. The number of piperidine rings is 1. The predicted octanol–water partition coefficient (Wildman–Crippen LogP) is 4.44. The van der Waals surface area contributed by atoms with Crippen LogP contribution in [0.15, 0.2) is 45.8 Å². The standard InChI is InChI=1S/C23H25BrClN3O4S/c1-2-21(29)28-12-9-16-13-17(24)14-20(22(16)28)33(31,32)27-10-7-15(8-11-27)23(30)26-19-5-3-18(25)4-6-19/h3-6,13-15H,2,7-12H2,1H3,(H,26,30). The number of halogens is 2. The summed E-state index contributed by atoms with van der Waals surface area (Å²) in [5.41, 5.74) is 2.00. The van der Waals surface area contributed by atoms with Gasteiger partial charge in [0.25, 0.3) is 0 Å². The zero-order valence-electron chi connectivity index (χ0n) is 18.2. The normalized spacial score (nSPS) is 17.1. The first-order chi connectivity index (χ1) is 15.7. The Labute approximate surface area is 207 Å². The second kappa shape index (κ2) is 9.74. The number of hydrogen-bond acceptors (Lipinski definition) is 4. The minimum absolute atomic E-state index is 0.0925. The molecular formula is C23H25BrClN3O4S. The first-order valence-corrected chi connectivity index (χ1v) is 13.5. The number of rotatable bonds is 5. The van der Waals surface area contributed by atoms with E-state index in [4.69, 9.17) is 11.6 Å². The molecule has 2 aromatic rings. The molecule has 0 atom stereocenters. The van der Waals surface area contributed by atoms with Crippen LogP contribution in [0.2, 0.25) is 5.02 Å². The summed E-state index contributed by atoms with van der Waals surface area (Å²) in [6.45, 7) is 2.73. The molecule has 1 N–H and O–H groups in total. The van der Waals surface area contributed by atoms with Crippen LogP contribution in [-0.4, -0.2) is 44.2 Å². The van der Waals surface area contributed by atoms with Crippen molar-refractivity contribution in [3.05, 3.63) is 51.5 Å².